The van der Waals surface area contributed by atoms with Crippen LogP contribution in [0.2, 0.25) is 0 Å². The highest BCUT2D eigenvalue weighted by Gasteiger charge is 2.33. The van der Waals surface area contributed by atoms with Crippen LogP contribution in [0.1, 0.15) is 6.92 Å². The zero-order valence-corrected chi connectivity index (χ0v) is 3.62. The molecule has 1 unspecified atom stereocenters. The summed E-state index contributed by atoms with van der Waals surface area (Å²) in [6, 6.07) is 0. The molecule has 1 radical (unpaired) electrons. The van der Waals surface area contributed by atoms with E-state index < -0.39 is 12.3 Å². The van der Waals surface area contributed by atoms with Crippen LogP contribution in [0.5, 0.6) is 0 Å². The smallest absolute Gasteiger partial charge is 0.204 e. The molecule has 0 saturated heterocycles. The fourth-order valence-corrected chi connectivity index (χ4v) is 0. The lowest BCUT2D eigenvalue weighted by Crippen LogP contribution is -2.24. The van der Waals surface area contributed by atoms with E-state index in [0.717, 1.165) is 0 Å². The zero-order chi connectivity index (χ0) is 6.08. The minimum atomic E-state index is -3.58. The topological polar surface area (TPSA) is 19.9 Å². The number of hydrogen-bond acceptors (Lipinski definition) is 0. The first-order chi connectivity index (χ1) is 2.94. The summed E-state index contributed by atoms with van der Waals surface area (Å²) in [4.78, 5) is 0. The Kier molecular flexibility index (Phi) is 1.63. The summed E-state index contributed by atoms with van der Waals surface area (Å²) >= 11 is 0. The monoisotopic (exact) mass is 113 g/mol. The summed E-state index contributed by atoms with van der Waals surface area (Å²) in [5.41, 5.74) is 0. The van der Waals surface area contributed by atoms with Crippen molar-refractivity contribution in [3.05, 3.63) is 0 Å². The second-order valence-corrected chi connectivity index (χ2v) is 1.29. The van der Waals surface area contributed by atoms with Crippen LogP contribution in [0.3, 0.4) is 0 Å². The van der Waals surface area contributed by atoms with E-state index >= 15 is 0 Å². The molecule has 0 N–H and O–H groups in total. The van der Waals surface area contributed by atoms with E-state index in [0.29, 0.717) is 0 Å². The Balaban J connectivity index is 3.54. The predicted octanol–water partition coefficient (Wildman–Crippen LogP) is 1.37. The maximum Gasteiger partial charge on any atom is 0.298 e. The largest absolute Gasteiger partial charge is 0.298 e. The molecular formula is C3H4F3O. The highest BCUT2D eigenvalue weighted by Crippen LogP contribution is 2.15. The normalized spacial score (nSPS) is 19.7. The van der Waals surface area contributed by atoms with Gasteiger partial charge in [0.2, 0.25) is 0 Å². The molecule has 0 aliphatic heterocycles. The van der Waals surface area contributed by atoms with E-state index in [2.05, 4.69) is 0 Å². The molecule has 0 aliphatic rings. The van der Waals surface area contributed by atoms with Gasteiger partial charge in [0.25, 0.3) is 12.3 Å². The third kappa shape index (κ3) is 2.45. The van der Waals surface area contributed by atoms with Crippen molar-refractivity contribution in [2.24, 2.45) is 0 Å². The van der Waals surface area contributed by atoms with Gasteiger partial charge in [-0.25, -0.2) is 13.2 Å². The second-order valence-electron chi connectivity index (χ2n) is 1.29. The molecule has 1 atom stereocenters. The summed E-state index contributed by atoms with van der Waals surface area (Å²) in [5, 5.41) is 9.39. The number of hydrogen-bond donors (Lipinski definition) is 0. The summed E-state index contributed by atoms with van der Waals surface area (Å²) in [7, 11) is 0. The van der Waals surface area contributed by atoms with Crippen LogP contribution in [0.25, 0.3) is 0 Å². The van der Waals surface area contributed by atoms with Crippen LogP contribution in [0, 0.1) is 0 Å². The summed E-state index contributed by atoms with van der Waals surface area (Å²) in [5.74, 6) is -3.58. The Morgan fingerprint density at radius 2 is 1.71 bits per heavy atom. The third-order valence-corrected chi connectivity index (χ3v) is 0.390. The van der Waals surface area contributed by atoms with Gasteiger partial charge in [-0.1, -0.05) is 0 Å². The van der Waals surface area contributed by atoms with Gasteiger partial charge >= 0.3 is 0 Å². The van der Waals surface area contributed by atoms with Gasteiger partial charge < -0.3 is 0 Å². The van der Waals surface area contributed by atoms with Crippen LogP contribution in [-0.2, 0) is 5.11 Å². The molecule has 4 heteroatoms. The number of halogens is 3. The first-order valence-electron chi connectivity index (χ1n) is 1.62. The highest BCUT2D eigenvalue weighted by molar-refractivity contribution is 4.56. The van der Waals surface area contributed by atoms with Gasteiger partial charge in [0.1, 0.15) is 0 Å². The van der Waals surface area contributed by atoms with Crippen LogP contribution >= 0.6 is 0 Å². The Morgan fingerprint density at radius 1 is 1.57 bits per heavy atom. The van der Waals surface area contributed by atoms with Crippen molar-refractivity contribution >= 4 is 0 Å². The molecule has 43 valence electrons. The summed E-state index contributed by atoms with van der Waals surface area (Å²) in [6.45, 7) is 0.289. The molecule has 0 amide bonds. The van der Waals surface area contributed by atoms with E-state index in [-0.39, 0.29) is 6.92 Å². The van der Waals surface area contributed by atoms with E-state index in [4.69, 9.17) is 0 Å². The molecule has 0 fully saturated rings. The van der Waals surface area contributed by atoms with E-state index in [1.165, 1.54) is 0 Å². The van der Waals surface area contributed by atoms with Crippen molar-refractivity contribution in [3.63, 3.8) is 0 Å². The van der Waals surface area contributed by atoms with Crippen molar-refractivity contribution in [3.8, 4) is 0 Å². The minimum absolute atomic E-state index is 0.289. The first kappa shape index (κ1) is 6.75. The quantitative estimate of drug-likeness (QED) is 0.489. The lowest BCUT2D eigenvalue weighted by atomic mass is 10.4. The Bertz CT molecular complexity index is 55.7. The van der Waals surface area contributed by atoms with Crippen LogP contribution in [0.4, 0.5) is 13.2 Å². The number of alkyl halides is 3. The summed E-state index contributed by atoms with van der Waals surface area (Å²) in [6.07, 6.45) is -3.42. The van der Waals surface area contributed by atoms with E-state index in [1.54, 1.807) is 0 Å². The molecule has 0 spiro atoms. The minimum Gasteiger partial charge on any atom is -0.204 e. The lowest BCUT2D eigenvalue weighted by Gasteiger charge is -2.05. The summed E-state index contributed by atoms with van der Waals surface area (Å²) < 4.78 is 32.9. The molecular weight excluding hydrogens is 109 g/mol. The molecule has 0 aliphatic carbocycles. The molecule has 0 saturated carbocycles. The molecule has 0 aromatic carbocycles. The maximum absolute atomic E-state index is 11.2. The van der Waals surface area contributed by atoms with Crippen molar-refractivity contribution in [1.82, 2.24) is 0 Å². The SMILES string of the molecule is CC([O])(F)C(F)F. The average molecular weight is 113 g/mol. The van der Waals surface area contributed by atoms with Crippen molar-refractivity contribution < 1.29 is 18.3 Å². The maximum atomic E-state index is 11.2. The highest BCUT2D eigenvalue weighted by atomic mass is 19.3. The van der Waals surface area contributed by atoms with Crippen molar-refractivity contribution in [2.75, 3.05) is 0 Å². The van der Waals surface area contributed by atoms with Crippen molar-refractivity contribution in [2.45, 2.75) is 19.2 Å². The molecule has 0 aromatic heterocycles. The molecule has 7 heavy (non-hydrogen) atoms. The lowest BCUT2D eigenvalue weighted by molar-refractivity contribution is -0.210. The number of rotatable bonds is 1. The van der Waals surface area contributed by atoms with Crippen LogP contribution in [-0.4, -0.2) is 12.3 Å². The molecule has 1 nitrogen and oxygen atoms in total. The second kappa shape index (κ2) is 1.69. The Hall–Kier alpha value is -0.250. The molecule has 0 rings (SSSR count). The van der Waals surface area contributed by atoms with Gasteiger partial charge in [-0.3, -0.25) is 0 Å². The van der Waals surface area contributed by atoms with Gasteiger partial charge in [-0.05, 0) is 0 Å². The average Bonchev–Trinajstić information content (AvgIpc) is 1.31. The standard InChI is InChI=1S/C3H4F3O/c1-3(6,7)2(4)5/h2H,1H3. The van der Waals surface area contributed by atoms with Gasteiger partial charge in [-0.15, -0.1) is 0 Å². The zero-order valence-electron chi connectivity index (χ0n) is 3.62. The molecule has 0 heterocycles. The Morgan fingerprint density at radius 3 is 1.71 bits per heavy atom. The molecule has 0 aromatic rings. The van der Waals surface area contributed by atoms with Gasteiger partial charge in [-0.2, -0.15) is 5.11 Å². The van der Waals surface area contributed by atoms with Crippen LogP contribution < -0.4 is 0 Å². The third-order valence-electron chi connectivity index (χ3n) is 0.390. The van der Waals surface area contributed by atoms with Crippen LogP contribution in [0.15, 0.2) is 0 Å². The van der Waals surface area contributed by atoms with Gasteiger partial charge in [0.05, 0.1) is 0 Å². The first-order valence-corrected chi connectivity index (χ1v) is 1.62. The Labute approximate surface area is 38.8 Å². The fourth-order valence-electron chi connectivity index (χ4n) is 0. The fraction of sp³-hybridized carbons (Fsp3) is 1.00. The van der Waals surface area contributed by atoms with Gasteiger partial charge in [0.15, 0.2) is 0 Å². The van der Waals surface area contributed by atoms with E-state index in [9.17, 15) is 18.3 Å². The van der Waals surface area contributed by atoms with E-state index in [1.807, 2.05) is 0 Å². The van der Waals surface area contributed by atoms with Crippen molar-refractivity contribution in [1.29, 1.82) is 0 Å². The predicted molar refractivity (Wildman–Crippen MR) is 16.2 cm³/mol. The van der Waals surface area contributed by atoms with Gasteiger partial charge in [0, 0.05) is 6.92 Å². The molecule has 0 bridgehead atoms.